The van der Waals surface area contributed by atoms with Crippen molar-refractivity contribution in [3.8, 4) is 11.4 Å². The summed E-state index contributed by atoms with van der Waals surface area (Å²) in [4.78, 5) is 45.0. The van der Waals surface area contributed by atoms with E-state index in [1.54, 1.807) is 0 Å². The number of carboxylic acid groups (broad SMARTS) is 1. The number of pyridine rings is 1. The molecule has 1 aliphatic carbocycles. The van der Waals surface area contributed by atoms with Crippen molar-refractivity contribution < 1.29 is 32.7 Å². The molecule has 0 unspecified atom stereocenters. The number of hydrogen-bond acceptors (Lipinski definition) is 6. The smallest absolute Gasteiger partial charge is 0.433 e. The van der Waals surface area contributed by atoms with Gasteiger partial charge in [0, 0.05) is 30.8 Å². The third-order valence-electron chi connectivity index (χ3n) is 5.03. The van der Waals surface area contributed by atoms with Gasteiger partial charge in [0.15, 0.2) is 5.82 Å². The Morgan fingerprint density at radius 1 is 1.28 bits per heavy atom. The fourth-order valence-electron chi connectivity index (χ4n) is 3.22. The van der Waals surface area contributed by atoms with Crippen molar-refractivity contribution >= 4 is 24.1 Å². The normalized spacial score (nSPS) is 18.2. The number of aliphatic carboxylic acids is 1. The molecule has 0 radical (unpaired) electrons. The number of nitrogens with zero attached hydrogens (tertiary/aromatic N) is 6. The van der Waals surface area contributed by atoms with E-state index >= 15 is 0 Å². The number of urea groups is 1. The second-order valence-corrected chi connectivity index (χ2v) is 7.44. The van der Waals surface area contributed by atoms with Crippen molar-refractivity contribution in [2.75, 3.05) is 13.6 Å². The van der Waals surface area contributed by atoms with Crippen molar-refractivity contribution in [1.82, 2.24) is 29.5 Å². The Balaban J connectivity index is 1.67. The van der Waals surface area contributed by atoms with Gasteiger partial charge in [-0.05, 0) is 25.0 Å². The number of hydrogen-bond donors (Lipinski definition) is 1. The third-order valence-corrected chi connectivity index (χ3v) is 5.03. The number of amides is 3. The molecule has 1 saturated carbocycles. The molecule has 1 saturated heterocycles. The molecule has 2 fully saturated rings. The number of rotatable bonds is 6. The summed E-state index contributed by atoms with van der Waals surface area (Å²) >= 11 is 0. The topological polar surface area (TPSA) is 122 Å². The van der Waals surface area contributed by atoms with Crippen molar-refractivity contribution in [2.45, 2.75) is 31.4 Å². The number of alkyl halides is 3. The molecule has 0 spiro atoms. The van der Waals surface area contributed by atoms with Crippen LogP contribution in [0.2, 0.25) is 0 Å². The zero-order valence-electron chi connectivity index (χ0n) is 16.7. The predicted molar refractivity (Wildman–Crippen MR) is 102 cm³/mol. The summed E-state index contributed by atoms with van der Waals surface area (Å²) < 4.78 is 40.9. The average molecular weight is 450 g/mol. The molecule has 1 N–H and O–H groups in total. The molecule has 2 aliphatic rings. The van der Waals surface area contributed by atoms with E-state index < -0.39 is 29.8 Å². The Kier molecular flexibility index (Phi) is 5.18. The SMILES string of the molecule is CN1C(=O)/C(=C/n2cnc(-c3cc(C4CC4)nc(C(F)(F)F)c3)n2)N(CCC(=O)O)C1=O. The van der Waals surface area contributed by atoms with Gasteiger partial charge in [0.05, 0.1) is 12.6 Å². The van der Waals surface area contributed by atoms with Gasteiger partial charge in [0.25, 0.3) is 5.91 Å². The highest BCUT2D eigenvalue weighted by Crippen LogP contribution is 2.41. The lowest BCUT2D eigenvalue weighted by Gasteiger charge is -2.14. The molecule has 3 heterocycles. The minimum Gasteiger partial charge on any atom is -0.481 e. The average Bonchev–Trinajstić information content (AvgIpc) is 3.45. The fraction of sp³-hybridized carbons (Fsp3) is 0.368. The first kappa shape index (κ1) is 21.5. The molecule has 168 valence electrons. The summed E-state index contributed by atoms with van der Waals surface area (Å²) in [5, 5.41) is 13.0. The predicted octanol–water partition coefficient (Wildman–Crippen LogP) is 2.40. The highest BCUT2D eigenvalue weighted by molar-refractivity contribution is 6.13. The summed E-state index contributed by atoms with van der Waals surface area (Å²) in [5.74, 6) is -1.86. The molecular formula is C19H17F3N6O4. The van der Waals surface area contributed by atoms with Gasteiger partial charge in [0.1, 0.15) is 17.7 Å². The summed E-state index contributed by atoms with van der Waals surface area (Å²) in [7, 11) is 1.25. The van der Waals surface area contributed by atoms with E-state index in [-0.39, 0.29) is 36.0 Å². The number of carboxylic acids is 1. The van der Waals surface area contributed by atoms with Crippen LogP contribution in [0.25, 0.3) is 17.6 Å². The van der Waals surface area contributed by atoms with Gasteiger partial charge in [-0.2, -0.15) is 13.2 Å². The quantitative estimate of drug-likeness (QED) is 0.530. The second kappa shape index (κ2) is 7.73. The van der Waals surface area contributed by atoms with Gasteiger partial charge < -0.3 is 5.11 Å². The molecule has 1 aliphatic heterocycles. The van der Waals surface area contributed by atoms with Crippen LogP contribution in [0, 0.1) is 0 Å². The second-order valence-electron chi connectivity index (χ2n) is 7.44. The van der Waals surface area contributed by atoms with Gasteiger partial charge in [-0.25, -0.2) is 19.4 Å². The van der Waals surface area contributed by atoms with Gasteiger partial charge >= 0.3 is 18.2 Å². The lowest BCUT2D eigenvalue weighted by Crippen LogP contribution is -2.31. The highest BCUT2D eigenvalue weighted by atomic mass is 19.4. The van der Waals surface area contributed by atoms with E-state index in [0.717, 1.165) is 33.4 Å². The summed E-state index contributed by atoms with van der Waals surface area (Å²) in [6.45, 7) is -0.234. The van der Waals surface area contributed by atoms with Crippen molar-refractivity contribution in [3.63, 3.8) is 0 Å². The largest absolute Gasteiger partial charge is 0.481 e. The molecule has 2 aromatic heterocycles. The molecular weight excluding hydrogens is 433 g/mol. The fourth-order valence-corrected chi connectivity index (χ4v) is 3.22. The molecule has 0 atom stereocenters. The van der Waals surface area contributed by atoms with Crippen LogP contribution in [0.4, 0.5) is 18.0 Å². The maximum atomic E-state index is 13.3. The summed E-state index contributed by atoms with van der Waals surface area (Å²) in [6, 6.07) is 1.67. The van der Waals surface area contributed by atoms with Gasteiger partial charge in [-0.1, -0.05) is 0 Å². The Morgan fingerprint density at radius 3 is 2.62 bits per heavy atom. The molecule has 0 aromatic carbocycles. The van der Waals surface area contributed by atoms with E-state index in [1.165, 1.54) is 25.6 Å². The number of halogens is 3. The van der Waals surface area contributed by atoms with Crippen molar-refractivity contribution in [1.29, 1.82) is 0 Å². The number of carbonyl (C=O) groups is 3. The van der Waals surface area contributed by atoms with Crippen LogP contribution in [-0.4, -0.2) is 66.2 Å². The molecule has 10 nitrogen and oxygen atoms in total. The molecule has 3 amide bonds. The standard InChI is InChI=1S/C19H17F3N6O4/c1-26-17(31)13(28(18(26)32)5-4-15(29)30)8-27-9-23-16(25-27)11-6-12(10-2-3-10)24-14(7-11)19(20,21)22/h6-10H,2-5H2,1H3,(H,29,30)/b13-8-. The van der Waals surface area contributed by atoms with Gasteiger partial charge in [-0.15, -0.1) is 5.10 Å². The van der Waals surface area contributed by atoms with Crippen molar-refractivity contribution in [2.24, 2.45) is 0 Å². The van der Waals surface area contributed by atoms with E-state index in [1.807, 2.05) is 0 Å². The zero-order chi connectivity index (χ0) is 23.2. The maximum absolute atomic E-state index is 13.3. The monoisotopic (exact) mass is 450 g/mol. The number of aromatic nitrogens is 4. The zero-order valence-corrected chi connectivity index (χ0v) is 16.7. The minimum absolute atomic E-state index is 0.0149. The van der Waals surface area contributed by atoms with Crippen LogP contribution in [0.1, 0.15) is 36.6 Å². The number of imide groups is 1. The van der Waals surface area contributed by atoms with E-state index in [2.05, 4.69) is 15.1 Å². The van der Waals surface area contributed by atoms with E-state index in [4.69, 9.17) is 5.11 Å². The van der Waals surface area contributed by atoms with Crippen LogP contribution < -0.4 is 0 Å². The van der Waals surface area contributed by atoms with Crippen LogP contribution >= 0.6 is 0 Å². The molecule has 13 heteroatoms. The molecule has 4 rings (SSSR count). The molecule has 0 bridgehead atoms. The molecule has 32 heavy (non-hydrogen) atoms. The summed E-state index contributed by atoms with van der Waals surface area (Å²) in [5.41, 5.74) is -0.716. The maximum Gasteiger partial charge on any atom is 0.433 e. The lowest BCUT2D eigenvalue weighted by atomic mass is 10.1. The number of carbonyl (C=O) groups excluding carboxylic acids is 2. The minimum atomic E-state index is -4.63. The first-order chi connectivity index (χ1) is 15.0. The summed E-state index contributed by atoms with van der Waals surface area (Å²) in [6.07, 6.45) is -1.13. The molecule has 2 aromatic rings. The van der Waals surface area contributed by atoms with Crippen LogP contribution in [0.3, 0.4) is 0 Å². The van der Waals surface area contributed by atoms with Crippen molar-refractivity contribution in [3.05, 3.63) is 35.5 Å². The lowest BCUT2D eigenvalue weighted by molar-refractivity contribution is -0.141. The Labute approximate surface area is 179 Å². The first-order valence-electron chi connectivity index (χ1n) is 9.58. The van der Waals surface area contributed by atoms with Gasteiger partial charge in [-0.3, -0.25) is 19.4 Å². The third kappa shape index (κ3) is 4.18. The highest BCUT2D eigenvalue weighted by Gasteiger charge is 2.39. The number of likely N-dealkylation sites (N-methyl/N-ethyl adjacent to an activating group) is 1. The van der Waals surface area contributed by atoms with Crippen LogP contribution in [0.5, 0.6) is 0 Å². The van der Waals surface area contributed by atoms with E-state index in [9.17, 15) is 27.6 Å². The first-order valence-corrected chi connectivity index (χ1v) is 9.58. The van der Waals surface area contributed by atoms with Crippen LogP contribution in [-0.2, 0) is 15.8 Å². The Morgan fingerprint density at radius 2 is 2.00 bits per heavy atom. The Hall–Kier alpha value is -3.77. The Bertz CT molecular complexity index is 1140. The van der Waals surface area contributed by atoms with Crippen LogP contribution in [0.15, 0.2) is 24.2 Å². The van der Waals surface area contributed by atoms with Gasteiger partial charge in [0.2, 0.25) is 0 Å². The van der Waals surface area contributed by atoms with E-state index in [0.29, 0.717) is 5.69 Å².